The highest BCUT2D eigenvalue weighted by atomic mass is 32.2. The Morgan fingerprint density at radius 1 is 1.00 bits per heavy atom. The Labute approximate surface area is 113 Å². The van der Waals surface area contributed by atoms with Gasteiger partial charge in [-0.3, -0.25) is 4.72 Å². The summed E-state index contributed by atoms with van der Waals surface area (Å²) in [4.78, 5) is 0.0910. The molecule has 0 atom stereocenters. The van der Waals surface area contributed by atoms with Crippen LogP contribution in [0, 0.1) is 13.8 Å². The molecule has 0 bridgehead atoms. The summed E-state index contributed by atoms with van der Waals surface area (Å²) in [6.45, 7) is 3.91. The maximum atomic E-state index is 12.2. The van der Waals surface area contributed by atoms with Crippen LogP contribution in [0.15, 0.2) is 47.4 Å². The van der Waals surface area contributed by atoms with E-state index in [-0.39, 0.29) is 10.6 Å². The number of benzene rings is 2. The van der Waals surface area contributed by atoms with Gasteiger partial charge >= 0.3 is 0 Å². The first-order valence-corrected chi connectivity index (χ1v) is 7.33. The Bertz CT molecular complexity index is 709. The van der Waals surface area contributed by atoms with E-state index in [1.807, 2.05) is 19.9 Å². The second kappa shape index (κ2) is 4.93. The van der Waals surface area contributed by atoms with Crippen LogP contribution in [0.1, 0.15) is 11.1 Å². The van der Waals surface area contributed by atoms with Crippen LogP contribution in [0.25, 0.3) is 0 Å². The van der Waals surface area contributed by atoms with Crippen LogP contribution in [-0.4, -0.2) is 8.42 Å². The van der Waals surface area contributed by atoms with Crippen molar-refractivity contribution < 1.29 is 8.42 Å². The van der Waals surface area contributed by atoms with Crippen LogP contribution in [0.4, 0.5) is 11.4 Å². The minimum Gasteiger partial charge on any atom is -0.398 e. The summed E-state index contributed by atoms with van der Waals surface area (Å²) in [7, 11) is -3.65. The normalized spacial score (nSPS) is 11.3. The Morgan fingerprint density at radius 2 is 1.68 bits per heavy atom. The van der Waals surface area contributed by atoms with Gasteiger partial charge in [0.25, 0.3) is 10.0 Å². The lowest BCUT2D eigenvalue weighted by Gasteiger charge is -2.11. The van der Waals surface area contributed by atoms with Gasteiger partial charge in [0.1, 0.15) is 4.90 Å². The third-order valence-corrected chi connectivity index (χ3v) is 4.42. The second-order valence-corrected chi connectivity index (χ2v) is 6.09. The lowest BCUT2D eigenvalue weighted by atomic mass is 10.1. The molecule has 0 aliphatic rings. The number of nitrogens with two attached hydrogens (primary N) is 1. The largest absolute Gasteiger partial charge is 0.398 e. The van der Waals surface area contributed by atoms with E-state index in [4.69, 9.17) is 5.73 Å². The average Bonchev–Trinajstić information content (AvgIpc) is 2.34. The second-order valence-electron chi connectivity index (χ2n) is 4.44. The zero-order valence-electron chi connectivity index (χ0n) is 10.8. The van der Waals surface area contributed by atoms with Gasteiger partial charge in [0.15, 0.2) is 0 Å². The fourth-order valence-electron chi connectivity index (χ4n) is 1.74. The maximum Gasteiger partial charge on any atom is 0.263 e. The Morgan fingerprint density at radius 3 is 2.32 bits per heavy atom. The van der Waals surface area contributed by atoms with Gasteiger partial charge in [0.2, 0.25) is 0 Å². The zero-order chi connectivity index (χ0) is 14.0. The molecule has 0 saturated carbocycles. The van der Waals surface area contributed by atoms with Gasteiger partial charge in [-0.05, 0) is 49.2 Å². The van der Waals surface area contributed by atoms with Crippen LogP contribution in [0.5, 0.6) is 0 Å². The van der Waals surface area contributed by atoms with Crippen LogP contribution < -0.4 is 10.5 Å². The fourth-order valence-corrected chi connectivity index (χ4v) is 2.92. The molecule has 0 saturated heterocycles. The van der Waals surface area contributed by atoms with E-state index in [1.165, 1.54) is 6.07 Å². The molecule has 2 aromatic carbocycles. The van der Waals surface area contributed by atoms with E-state index in [9.17, 15) is 8.42 Å². The Hall–Kier alpha value is -2.01. The first-order valence-electron chi connectivity index (χ1n) is 5.85. The molecule has 5 heteroatoms. The number of para-hydroxylation sites is 1. The number of sulfonamides is 1. The van der Waals surface area contributed by atoms with Gasteiger partial charge in [0.05, 0.1) is 5.69 Å². The zero-order valence-corrected chi connectivity index (χ0v) is 11.7. The summed E-state index contributed by atoms with van der Waals surface area (Å²) >= 11 is 0. The van der Waals surface area contributed by atoms with Crippen LogP contribution in [0.3, 0.4) is 0 Å². The van der Waals surface area contributed by atoms with Crippen molar-refractivity contribution in [1.29, 1.82) is 0 Å². The van der Waals surface area contributed by atoms with Crippen molar-refractivity contribution in [3.8, 4) is 0 Å². The monoisotopic (exact) mass is 276 g/mol. The molecule has 0 amide bonds. The van der Waals surface area contributed by atoms with Crippen LogP contribution in [-0.2, 0) is 10.0 Å². The molecular formula is C14H16N2O2S. The van der Waals surface area contributed by atoms with Crippen molar-refractivity contribution in [2.45, 2.75) is 18.7 Å². The van der Waals surface area contributed by atoms with E-state index < -0.39 is 10.0 Å². The van der Waals surface area contributed by atoms with E-state index in [2.05, 4.69) is 4.72 Å². The molecule has 0 fully saturated rings. The van der Waals surface area contributed by atoms with Gasteiger partial charge in [-0.2, -0.15) is 0 Å². The molecule has 0 aromatic heterocycles. The smallest absolute Gasteiger partial charge is 0.263 e. The lowest BCUT2D eigenvalue weighted by molar-refractivity contribution is 0.601. The van der Waals surface area contributed by atoms with Crippen molar-refractivity contribution in [2.24, 2.45) is 0 Å². The van der Waals surface area contributed by atoms with Crippen molar-refractivity contribution in [2.75, 3.05) is 10.5 Å². The number of nitrogen functional groups attached to an aromatic ring is 1. The van der Waals surface area contributed by atoms with Crippen molar-refractivity contribution in [3.05, 3.63) is 53.6 Å². The predicted octanol–water partition coefficient (Wildman–Crippen LogP) is 2.69. The molecule has 0 heterocycles. The Kier molecular flexibility index (Phi) is 3.48. The van der Waals surface area contributed by atoms with E-state index in [0.717, 1.165) is 11.1 Å². The highest BCUT2D eigenvalue weighted by molar-refractivity contribution is 7.92. The molecule has 0 aliphatic heterocycles. The van der Waals surface area contributed by atoms with Gasteiger partial charge in [-0.25, -0.2) is 8.42 Å². The van der Waals surface area contributed by atoms with Gasteiger partial charge in [-0.1, -0.05) is 18.2 Å². The summed E-state index contributed by atoms with van der Waals surface area (Å²) in [5.41, 5.74) is 8.61. The van der Waals surface area contributed by atoms with Gasteiger partial charge < -0.3 is 5.73 Å². The highest BCUT2D eigenvalue weighted by Crippen LogP contribution is 2.22. The summed E-state index contributed by atoms with van der Waals surface area (Å²) in [5, 5.41) is 0. The molecule has 2 aromatic rings. The van der Waals surface area contributed by atoms with Crippen LogP contribution in [0.2, 0.25) is 0 Å². The molecule has 0 radical (unpaired) electrons. The van der Waals surface area contributed by atoms with E-state index >= 15 is 0 Å². The van der Waals surface area contributed by atoms with Crippen molar-refractivity contribution in [1.82, 2.24) is 0 Å². The first-order chi connectivity index (χ1) is 8.90. The van der Waals surface area contributed by atoms with Crippen LogP contribution >= 0.6 is 0 Å². The molecule has 0 spiro atoms. The Balaban J connectivity index is 2.37. The van der Waals surface area contributed by atoms with E-state index in [0.29, 0.717) is 5.69 Å². The quantitative estimate of drug-likeness (QED) is 0.847. The molecule has 4 nitrogen and oxygen atoms in total. The molecular weight excluding hydrogens is 260 g/mol. The predicted molar refractivity (Wildman–Crippen MR) is 77.6 cm³/mol. The van der Waals surface area contributed by atoms with Gasteiger partial charge in [0, 0.05) is 5.69 Å². The highest BCUT2D eigenvalue weighted by Gasteiger charge is 2.16. The summed E-state index contributed by atoms with van der Waals surface area (Å²) in [6.07, 6.45) is 0. The number of aryl methyl sites for hydroxylation is 2. The standard InChI is InChI=1S/C14H16N2O2S/c1-10-7-8-12(9-11(10)2)16-19(17,18)14-6-4-3-5-13(14)15/h3-9,16H,15H2,1-2H3. The number of rotatable bonds is 3. The minimum absolute atomic E-state index is 0.0910. The molecule has 19 heavy (non-hydrogen) atoms. The minimum atomic E-state index is -3.65. The average molecular weight is 276 g/mol. The summed E-state index contributed by atoms with van der Waals surface area (Å²) < 4.78 is 27.0. The summed E-state index contributed by atoms with van der Waals surface area (Å²) in [6, 6.07) is 11.8. The first kappa shape index (κ1) is 13.4. The molecule has 0 unspecified atom stereocenters. The molecule has 0 aliphatic carbocycles. The third kappa shape index (κ3) is 2.88. The lowest BCUT2D eigenvalue weighted by Crippen LogP contribution is -2.14. The maximum absolute atomic E-state index is 12.2. The van der Waals surface area contributed by atoms with Crippen molar-refractivity contribution >= 4 is 21.4 Å². The SMILES string of the molecule is Cc1ccc(NS(=O)(=O)c2ccccc2N)cc1C. The number of nitrogens with one attached hydrogen (secondary N) is 1. The molecule has 100 valence electrons. The topological polar surface area (TPSA) is 72.2 Å². The number of hydrogen-bond acceptors (Lipinski definition) is 3. The number of anilines is 2. The summed E-state index contributed by atoms with van der Waals surface area (Å²) in [5.74, 6) is 0. The number of hydrogen-bond donors (Lipinski definition) is 2. The molecule has 2 rings (SSSR count). The van der Waals surface area contributed by atoms with Gasteiger partial charge in [-0.15, -0.1) is 0 Å². The van der Waals surface area contributed by atoms with E-state index in [1.54, 1.807) is 30.3 Å². The molecule has 3 N–H and O–H groups in total. The third-order valence-electron chi connectivity index (χ3n) is 2.97. The van der Waals surface area contributed by atoms with Crippen molar-refractivity contribution in [3.63, 3.8) is 0 Å². The fraction of sp³-hybridized carbons (Fsp3) is 0.143.